The second-order valence-electron chi connectivity index (χ2n) is 8.25. The number of amides is 1. The lowest BCUT2D eigenvalue weighted by molar-refractivity contribution is -0.136. The Morgan fingerprint density at radius 1 is 1.00 bits per heavy atom. The average Bonchev–Trinajstić information content (AvgIpc) is 3.37. The third-order valence-corrected chi connectivity index (χ3v) is 6.21. The highest BCUT2D eigenvalue weighted by molar-refractivity contribution is 5.85. The molecule has 2 aromatic rings. The Morgan fingerprint density at radius 3 is 2.20 bits per heavy atom. The van der Waals surface area contributed by atoms with Gasteiger partial charge in [-0.3, -0.25) is 9.69 Å². The molecule has 2 saturated heterocycles. The number of rotatable bonds is 4. The molecular formula is C22H33Cl2N5O. The van der Waals surface area contributed by atoms with Crippen molar-refractivity contribution in [2.24, 2.45) is 5.92 Å². The Hall–Kier alpha value is -1.76. The van der Waals surface area contributed by atoms with Crippen molar-refractivity contribution in [2.45, 2.75) is 33.2 Å². The molecule has 0 unspecified atom stereocenters. The number of benzene rings is 1. The van der Waals surface area contributed by atoms with Crippen molar-refractivity contribution in [3.8, 4) is 5.69 Å². The highest BCUT2D eigenvalue weighted by Gasteiger charge is 2.33. The van der Waals surface area contributed by atoms with Gasteiger partial charge in [-0.2, -0.15) is 0 Å². The molecule has 0 N–H and O–H groups in total. The number of aromatic nitrogens is 2. The lowest BCUT2D eigenvalue weighted by Gasteiger charge is -2.37. The minimum Gasteiger partial charge on any atom is -0.371 e. The molecule has 1 aromatic heterocycles. The third-order valence-electron chi connectivity index (χ3n) is 6.21. The van der Waals surface area contributed by atoms with Crippen molar-refractivity contribution < 1.29 is 4.79 Å². The summed E-state index contributed by atoms with van der Waals surface area (Å²) in [7, 11) is 0. The van der Waals surface area contributed by atoms with Gasteiger partial charge < -0.3 is 14.4 Å². The van der Waals surface area contributed by atoms with Crippen molar-refractivity contribution in [3.05, 3.63) is 42.5 Å². The molecule has 8 heteroatoms. The number of hydrogen-bond acceptors (Lipinski definition) is 4. The summed E-state index contributed by atoms with van der Waals surface area (Å²) in [6.45, 7) is 12.0. The highest BCUT2D eigenvalue weighted by Crippen LogP contribution is 2.26. The quantitative estimate of drug-likeness (QED) is 0.711. The molecule has 6 nitrogen and oxygen atoms in total. The second-order valence-corrected chi connectivity index (χ2v) is 8.25. The fourth-order valence-electron chi connectivity index (χ4n) is 4.39. The molecule has 0 aliphatic carbocycles. The molecule has 1 atom stereocenters. The van der Waals surface area contributed by atoms with Gasteiger partial charge in [-0.15, -0.1) is 24.8 Å². The van der Waals surface area contributed by atoms with Crippen LogP contribution < -0.4 is 4.90 Å². The van der Waals surface area contributed by atoms with Crippen molar-refractivity contribution in [1.82, 2.24) is 19.4 Å². The van der Waals surface area contributed by atoms with Crippen LogP contribution in [-0.4, -0.2) is 70.6 Å². The topological polar surface area (TPSA) is 44.6 Å². The average molecular weight is 454 g/mol. The molecule has 0 spiro atoms. The lowest BCUT2D eigenvalue weighted by Crippen LogP contribution is -2.52. The van der Waals surface area contributed by atoms with Gasteiger partial charge in [0.05, 0.1) is 5.92 Å². The van der Waals surface area contributed by atoms with E-state index in [4.69, 9.17) is 0 Å². The molecule has 30 heavy (non-hydrogen) atoms. The van der Waals surface area contributed by atoms with E-state index in [1.807, 2.05) is 19.3 Å². The lowest BCUT2D eigenvalue weighted by atomic mass is 10.1. The van der Waals surface area contributed by atoms with Crippen LogP contribution in [-0.2, 0) is 4.79 Å². The first-order chi connectivity index (χ1) is 13.5. The zero-order valence-electron chi connectivity index (χ0n) is 18.0. The van der Waals surface area contributed by atoms with Gasteiger partial charge in [-0.05, 0) is 51.5 Å². The van der Waals surface area contributed by atoms with Crippen LogP contribution in [0.4, 0.5) is 5.69 Å². The molecule has 4 rings (SSSR count). The van der Waals surface area contributed by atoms with Crippen molar-refractivity contribution in [1.29, 1.82) is 0 Å². The minimum absolute atomic E-state index is 0. The van der Waals surface area contributed by atoms with Gasteiger partial charge in [0, 0.05) is 69.1 Å². The van der Waals surface area contributed by atoms with Crippen molar-refractivity contribution >= 4 is 36.4 Å². The number of aryl methyl sites for hydroxylation is 1. The largest absolute Gasteiger partial charge is 0.371 e. The van der Waals surface area contributed by atoms with Gasteiger partial charge in [0.2, 0.25) is 5.91 Å². The van der Waals surface area contributed by atoms with Crippen LogP contribution in [0, 0.1) is 12.8 Å². The number of piperazine rings is 1. The fraction of sp³-hybridized carbons (Fsp3) is 0.545. The number of halogens is 2. The van der Waals surface area contributed by atoms with E-state index in [1.165, 1.54) is 5.69 Å². The highest BCUT2D eigenvalue weighted by atomic mass is 35.5. The van der Waals surface area contributed by atoms with Gasteiger partial charge in [-0.25, -0.2) is 4.98 Å². The number of carbonyl (C=O) groups is 1. The van der Waals surface area contributed by atoms with E-state index in [2.05, 4.69) is 62.4 Å². The monoisotopic (exact) mass is 453 g/mol. The summed E-state index contributed by atoms with van der Waals surface area (Å²) >= 11 is 0. The molecule has 2 fully saturated rings. The predicted molar refractivity (Wildman–Crippen MR) is 126 cm³/mol. The first kappa shape index (κ1) is 24.5. The van der Waals surface area contributed by atoms with Crippen LogP contribution in [0.5, 0.6) is 0 Å². The van der Waals surface area contributed by atoms with Crippen LogP contribution in [0.15, 0.2) is 36.7 Å². The molecule has 3 heterocycles. The molecule has 0 bridgehead atoms. The smallest absolute Gasteiger partial charge is 0.227 e. The van der Waals surface area contributed by atoms with E-state index < -0.39 is 0 Å². The number of carbonyl (C=O) groups excluding carboxylic acids is 1. The molecular weight excluding hydrogens is 421 g/mol. The van der Waals surface area contributed by atoms with Crippen LogP contribution in [0.3, 0.4) is 0 Å². The SMILES string of the molecule is Cc1nccn1-c1ccc(N2CC[C@H](C(=O)N3CCN(C(C)C)CC3)C2)cc1.Cl.Cl. The van der Waals surface area contributed by atoms with E-state index in [0.29, 0.717) is 11.9 Å². The summed E-state index contributed by atoms with van der Waals surface area (Å²) in [5.41, 5.74) is 2.31. The molecule has 0 radical (unpaired) electrons. The normalized spacial score (nSPS) is 19.5. The second kappa shape index (κ2) is 10.5. The summed E-state index contributed by atoms with van der Waals surface area (Å²) in [6.07, 6.45) is 4.75. The maximum absolute atomic E-state index is 13.0. The molecule has 1 amide bonds. The van der Waals surface area contributed by atoms with E-state index >= 15 is 0 Å². The molecule has 0 saturated carbocycles. The van der Waals surface area contributed by atoms with E-state index in [1.54, 1.807) is 0 Å². The van der Waals surface area contributed by atoms with Crippen LogP contribution in [0.1, 0.15) is 26.1 Å². The number of hydrogen-bond donors (Lipinski definition) is 0. The number of imidazole rings is 1. The summed E-state index contributed by atoms with van der Waals surface area (Å²) < 4.78 is 2.08. The summed E-state index contributed by atoms with van der Waals surface area (Å²) in [5, 5.41) is 0. The Kier molecular flexibility index (Phi) is 8.59. The van der Waals surface area contributed by atoms with Crippen LogP contribution in [0.25, 0.3) is 5.69 Å². The van der Waals surface area contributed by atoms with E-state index in [9.17, 15) is 4.79 Å². The van der Waals surface area contributed by atoms with Crippen molar-refractivity contribution in [2.75, 3.05) is 44.2 Å². The predicted octanol–water partition coefficient (Wildman–Crippen LogP) is 3.40. The first-order valence-electron chi connectivity index (χ1n) is 10.4. The minimum atomic E-state index is 0. The van der Waals surface area contributed by atoms with Crippen molar-refractivity contribution in [3.63, 3.8) is 0 Å². The number of nitrogens with zero attached hydrogens (tertiary/aromatic N) is 5. The summed E-state index contributed by atoms with van der Waals surface area (Å²) in [5.74, 6) is 1.45. The van der Waals surface area contributed by atoms with Crippen LogP contribution >= 0.6 is 24.8 Å². The zero-order valence-corrected chi connectivity index (χ0v) is 19.7. The Bertz CT molecular complexity index is 815. The molecule has 2 aliphatic heterocycles. The maximum Gasteiger partial charge on any atom is 0.227 e. The van der Waals surface area contributed by atoms with Gasteiger partial charge >= 0.3 is 0 Å². The van der Waals surface area contributed by atoms with Gasteiger partial charge in [0.15, 0.2) is 0 Å². The maximum atomic E-state index is 13.0. The Morgan fingerprint density at radius 2 is 1.63 bits per heavy atom. The van der Waals surface area contributed by atoms with Gasteiger partial charge in [-0.1, -0.05) is 0 Å². The Labute approximate surface area is 192 Å². The van der Waals surface area contributed by atoms with Gasteiger partial charge in [0.25, 0.3) is 0 Å². The number of anilines is 1. The standard InChI is InChI=1S/C22H31N5O.2ClH/c1-17(2)24-12-14-25(15-13-24)22(28)19-8-10-26(16-19)20-4-6-21(7-5-20)27-11-9-23-18(27)3;;/h4-7,9,11,17,19H,8,10,12-16H2,1-3H3;2*1H/t19-;;/m0../s1. The zero-order chi connectivity index (χ0) is 19.7. The summed E-state index contributed by atoms with van der Waals surface area (Å²) in [6, 6.07) is 9.13. The van der Waals surface area contributed by atoms with Crippen LogP contribution in [0.2, 0.25) is 0 Å². The fourth-order valence-corrected chi connectivity index (χ4v) is 4.39. The Balaban J connectivity index is 0.00000160. The summed E-state index contributed by atoms with van der Waals surface area (Å²) in [4.78, 5) is 24.1. The van der Waals surface area contributed by atoms with Gasteiger partial charge in [0.1, 0.15) is 5.82 Å². The van der Waals surface area contributed by atoms with E-state index in [-0.39, 0.29) is 30.7 Å². The molecule has 2 aliphatic rings. The molecule has 166 valence electrons. The van der Waals surface area contributed by atoms with E-state index in [0.717, 1.165) is 57.2 Å². The first-order valence-corrected chi connectivity index (χ1v) is 10.4. The molecule has 1 aromatic carbocycles. The third kappa shape index (κ3) is 5.10.